The summed E-state index contributed by atoms with van der Waals surface area (Å²) in [5.74, 6) is 2.15. The van der Waals surface area contributed by atoms with Crippen molar-refractivity contribution in [1.29, 1.82) is 0 Å². The van der Waals surface area contributed by atoms with Crippen molar-refractivity contribution >= 4 is 41.1 Å². The van der Waals surface area contributed by atoms with E-state index in [1.165, 1.54) is 11.1 Å². The van der Waals surface area contributed by atoms with E-state index < -0.39 is 45.3 Å². The van der Waals surface area contributed by atoms with Gasteiger partial charge in [-0.15, -0.1) is 0 Å². The average molecular weight is 1470 g/mol. The second kappa shape index (κ2) is 33.1. The van der Waals surface area contributed by atoms with Crippen LogP contribution in [-0.2, 0) is 49.1 Å². The van der Waals surface area contributed by atoms with Crippen LogP contribution in [0.15, 0.2) is 205 Å². The van der Waals surface area contributed by atoms with Gasteiger partial charge in [0.25, 0.3) is 0 Å². The molecule has 0 spiro atoms. The Labute approximate surface area is 613 Å². The topological polar surface area (TPSA) is 294 Å². The highest BCUT2D eigenvalue weighted by molar-refractivity contribution is 7.92. The Morgan fingerprint density at radius 3 is 1.00 bits per heavy atom. The predicted molar refractivity (Wildman–Crippen MR) is 412 cm³/mol. The Bertz CT molecular complexity index is 5280. The van der Waals surface area contributed by atoms with Crippen molar-refractivity contribution in [2.75, 3.05) is 20.6 Å². The third-order valence-corrected chi connectivity index (χ3v) is 23.7. The summed E-state index contributed by atoms with van der Waals surface area (Å²) in [5.41, 5.74) is 16.2. The molecule has 0 aliphatic carbocycles. The van der Waals surface area contributed by atoms with Crippen LogP contribution in [0.3, 0.4) is 0 Å². The molecule has 12 aromatic rings. The number of benzene rings is 6. The number of sulfone groups is 3. The molecular weight excluding hydrogens is 1380 g/mol. The Kier molecular flexibility index (Phi) is 24.4. The minimum atomic E-state index is -3.34. The van der Waals surface area contributed by atoms with Gasteiger partial charge in [-0.3, -0.25) is 15.0 Å². The van der Waals surface area contributed by atoms with E-state index in [1.807, 2.05) is 95.5 Å². The molecule has 0 aliphatic heterocycles. The molecule has 0 saturated heterocycles. The van der Waals surface area contributed by atoms with Crippen molar-refractivity contribution in [2.45, 2.75) is 126 Å². The van der Waals surface area contributed by atoms with E-state index in [2.05, 4.69) is 84.5 Å². The number of aromatic nitrogens is 9. The number of nitrogens with one attached hydrogen (secondary N) is 3. The lowest BCUT2D eigenvalue weighted by Crippen LogP contribution is -2.18. The molecule has 6 heterocycles. The monoisotopic (exact) mass is 1470 g/mol. The molecule has 25 heteroatoms. The zero-order chi connectivity index (χ0) is 73.9. The maximum absolute atomic E-state index is 12.4. The molecule has 0 unspecified atom stereocenters. The minimum absolute atomic E-state index is 0. The molecule has 0 saturated carbocycles. The highest BCUT2D eigenvalue weighted by Crippen LogP contribution is 2.35. The fourth-order valence-electron chi connectivity index (χ4n) is 10.6. The van der Waals surface area contributed by atoms with Gasteiger partial charge in [-0.05, 0) is 148 Å². The van der Waals surface area contributed by atoms with Crippen LogP contribution in [0.2, 0.25) is 5.02 Å². The van der Waals surface area contributed by atoms with Crippen molar-refractivity contribution in [1.82, 2.24) is 61.3 Å². The maximum atomic E-state index is 12.4. The van der Waals surface area contributed by atoms with Gasteiger partial charge >= 0.3 is 0 Å². The molecule has 0 bridgehead atoms. The minimum Gasteiger partial charge on any atom is -0.354 e. The molecule has 0 aliphatic rings. The van der Waals surface area contributed by atoms with E-state index in [0.29, 0.717) is 101 Å². The molecule has 0 amide bonds. The highest BCUT2D eigenvalue weighted by Gasteiger charge is 2.24. The zero-order valence-electron chi connectivity index (χ0n) is 59.7. The van der Waals surface area contributed by atoms with Gasteiger partial charge in [0.1, 0.15) is 34.2 Å². The van der Waals surface area contributed by atoms with Crippen molar-refractivity contribution in [2.24, 2.45) is 5.92 Å². The average Bonchev–Trinajstić information content (AvgIpc) is 1.80. The summed E-state index contributed by atoms with van der Waals surface area (Å²) in [6.45, 7) is 23.3. The van der Waals surface area contributed by atoms with E-state index in [-0.39, 0.29) is 10.6 Å². The van der Waals surface area contributed by atoms with E-state index in [9.17, 15) is 25.3 Å². The van der Waals surface area contributed by atoms with Gasteiger partial charge in [0.2, 0.25) is 0 Å². The largest absolute Gasteiger partial charge is 0.354 e. The van der Waals surface area contributed by atoms with Crippen LogP contribution in [0.5, 0.6) is 0 Å². The molecule has 12 rings (SSSR count). The lowest BCUT2D eigenvalue weighted by atomic mass is 10.1. The first-order valence-corrected chi connectivity index (χ1v) is 38.6. The first-order valence-electron chi connectivity index (χ1n) is 33.6. The van der Waals surface area contributed by atoms with Crippen LogP contribution in [0.1, 0.15) is 94.9 Å². The van der Waals surface area contributed by atoms with Crippen molar-refractivity contribution in [3.63, 3.8) is 0 Å². The molecule has 21 nitrogen and oxygen atoms in total. The first kappa shape index (κ1) is 75.9. The zero-order valence-corrected chi connectivity index (χ0v) is 62.9. The van der Waals surface area contributed by atoms with Gasteiger partial charge in [-0.25, -0.2) is 40.2 Å². The number of aryl methyl sites for hydroxylation is 3. The molecule has 0 fully saturated rings. The van der Waals surface area contributed by atoms with Crippen LogP contribution in [0.4, 0.5) is 0 Å². The molecule has 542 valence electrons. The van der Waals surface area contributed by atoms with Crippen molar-refractivity contribution in [3.8, 4) is 102 Å². The Balaban J connectivity index is 0.000000247. The van der Waals surface area contributed by atoms with Crippen LogP contribution in [0, 0.1) is 26.7 Å². The van der Waals surface area contributed by atoms with Crippen molar-refractivity contribution < 1.29 is 44.5 Å². The van der Waals surface area contributed by atoms with Gasteiger partial charge in [0.15, 0.2) is 46.8 Å². The van der Waals surface area contributed by atoms with Crippen LogP contribution < -0.4 is 16.0 Å². The fraction of sp³-hybridized carbons (Fsp3) is 0.269. The van der Waals surface area contributed by atoms with Gasteiger partial charge in [0, 0.05) is 81.9 Å². The summed E-state index contributed by atoms with van der Waals surface area (Å²) in [4.78, 5) is 28.5. The van der Waals surface area contributed by atoms with Gasteiger partial charge < -0.3 is 29.5 Å². The summed E-state index contributed by atoms with van der Waals surface area (Å²) in [5, 5.41) is 21.5. The van der Waals surface area contributed by atoms with Crippen LogP contribution in [0.25, 0.3) is 102 Å². The summed E-state index contributed by atoms with van der Waals surface area (Å²) < 4.78 is 91.2. The van der Waals surface area contributed by atoms with Gasteiger partial charge in [0.05, 0.1) is 83.2 Å². The third-order valence-electron chi connectivity index (χ3n) is 16.9. The fourth-order valence-corrected chi connectivity index (χ4v) is 14.1. The SMILES string of the molecule is CNCc1ccc(-c2cc(-c3nc(-c4ccc(S(=O)(=O)C(C)C)cc4)cnc3C)on2)cc1.CNCc1ccc(-c2cc(-c3nc(-c4ccc(S(=O)(=O)C(C)C)cc4)cnc3C)on2)cc1Cl.Cc1ncc(-c2ccc(S(=O)(=O)C(C)C)cc2)nc1-c1cc(-c2ccc(CNCC(C)C)cc2)no1.[HH].[HH].[HH].[HH]. The summed E-state index contributed by atoms with van der Waals surface area (Å²) in [6, 6.07) is 47.8. The smallest absolute Gasteiger partial charge is 0.187 e. The van der Waals surface area contributed by atoms with Crippen LogP contribution >= 0.6 is 11.6 Å². The van der Waals surface area contributed by atoms with Gasteiger partial charge in [-0.1, -0.05) is 138 Å². The Morgan fingerprint density at radius 2 is 0.689 bits per heavy atom. The Morgan fingerprint density at radius 1 is 0.388 bits per heavy atom. The van der Waals surface area contributed by atoms with Crippen LogP contribution in [-0.4, -0.2) is 107 Å². The third kappa shape index (κ3) is 18.2. The first-order chi connectivity index (χ1) is 49.1. The number of hydrogen-bond donors (Lipinski definition) is 3. The molecule has 6 aromatic carbocycles. The lowest BCUT2D eigenvalue weighted by Gasteiger charge is -2.09. The summed E-state index contributed by atoms with van der Waals surface area (Å²) in [6.07, 6.45) is 5.00. The number of nitrogens with zero attached hydrogens (tertiary/aromatic N) is 9. The predicted octanol–water partition coefficient (Wildman–Crippen LogP) is 16.7. The standard InChI is InChI=1S/C28H32N4O3S.C25H25ClN4O3S.C25H26N4O3S.4H2/c1-18(2)15-29-16-21-6-8-22(9-7-21)25-14-27(35-32-25)28-20(5)30-17-26(31-28)23-10-12-24(13-11-23)36(33,34)19(3)4;1-15(2)34(31,32)20-9-7-17(8-10-20)23-14-28-16(3)25(29-23)24-12-22(30-33-24)18-5-6-19(13-27-4)21(26)11-18;1-16(2)33(30,31)21-11-9-20(10-12-21)23-15-27-17(3)25(28-23)24-13-22(29-32-24)19-7-5-18(6-8-19)14-26-4;;;;/h6-14,17-19,29H,15-16H2,1-5H3;5-12,14-15,27H,13H2,1-4H3;5-13,15-16,26H,14H2,1-4H3;4*1H. The Hall–Kier alpha value is -9.79. The number of halogens is 1. The molecule has 0 atom stereocenters. The summed E-state index contributed by atoms with van der Waals surface area (Å²) >= 11 is 6.39. The van der Waals surface area contributed by atoms with Crippen molar-refractivity contribution in [3.05, 3.63) is 215 Å². The van der Waals surface area contributed by atoms with E-state index >= 15 is 0 Å². The number of rotatable bonds is 23. The molecule has 0 radical (unpaired) electrons. The number of hydrogen-bond acceptors (Lipinski definition) is 21. The molecule has 3 N–H and O–H groups in total. The molecular formula is C78H91ClN12O9S3. The quantitative estimate of drug-likeness (QED) is 0.0536. The van der Waals surface area contributed by atoms with Gasteiger partial charge in [-0.2, -0.15) is 0 Å². The molecule has 6 aromatic heterocycles. The lowest BCUT2D eigenvalue weighted by molar-refractivity contribution is 0.433. The van der Waals surface area contributed by atoms with E-state index in [4.69, 9.17) is 40.1 Å². The highest BCUT2D eigenvalue weighted by atomic mass is 35.5. The maximum Gasteiger partial charge on any atom is 0.187 e. The molecule has 103 heavy (non-hydrogen) atoms. The second-order valence-electron chi connectivity index (χ2n) is 25.9. The second-order valence-corrected chi connectivity index (χ2v) is 33.9. The van der Waals surface area contributed by atoms with E-state index in [0.717, 1.165) is 70.0 Å². The summed E-state index contributed by atoms with van der Waals surface area (Å²) in [7, 11) is -6.21. The normalized spacial score (nSPS) is 11.9. The van der Waals surface area contributed by atoms with E-state index in [1.54, 1.807) is 133 Å².